The summed E-state index contributed by atoms with van der Waals surface area (Å²) in [7, 11) is 1.57. The average molecular weight is 364 g/mol. The Hall–Kier alpha value is -3.08. The van der Waals surface area contributed by atoms with E-state index in [2.05, 4.69) is 4.98 Å². The number of methoxy groups -OCH3 is 1. The fourth-order valence-corrected chi connectivity index (χ4v) is 3.09. The first-order valence-electron chi connectivity index (χ1n) is 8.97. The quantitative estimate of drug-likeness (QED) is 0.743. The van der Waals surface area contributed by atoms with Crippen molar-refractivity contribution in [2.24, 2.45) is 5.92 Å². The Labute approximate surface area is 158 Å². The third-order valence-electron chi connectivity index (χ3n) is 4.54. The van der Waals surface area contributed by atoms with Crippen LogP contribution in [-0.2, 0) is 11.3 Å². The number of carbonyl (C=O) groups is 1. The van der Waals surface area contributed by atoms with E-state index < -0.39 is 0 Å². The third-order valence-corrected chi connectivity index (χ3v) is 4.54. The number of H-pyrrole nitrogens is 1. The summed E-state index contributed by atoms with van der Waals surface area (Å²) in [6.45, 7) is 5.85. The number of aryl methyl sites for hydroxylation is 1. The molecule has 0 aliphatic rings. The summed E-state index contributed by atoms with van der Waals surface area (Å²) >= 11 is 0. The lowest BCUT2D eigenvalue weighted by molar-refractivity contribution is -0.121. The summed E-state index contributed by atoms with van der Waals surface area (Å²) < 4.78 is 5.43. The topological polar surface area (TPSA) is 62.4 Å². The number of fused-ring (bicyclic) bond motifs is 1. The van der Waals surface area contributed by atoms with Crippen molar-refractivity contribution in [3.63, 3.8) is 0 Å². The minimum atomic E-state index is -0.211. The molecular weight excluding hydrogens is 340 g/mol. The molecule has 1 N–H and O–H groups in total. The number of anilines is 1. The Balaban J connectivity index is 2.08. The van der Waals surface area contributed by atoms with Crippen LogP contribution in [0.3, 0.4) is 0 Å². The fourth-order valence-electron chi connectivity index (χ4n) is 3.09. The van der Waals surface area contributed by atoms with Gasteiger partial charge < -0.3 is 14.6 Å². The Morgan fingerprint density at radius 3 is 2.59 bits per heavy atom. The monoisotopic (exact) mass is 364 g/mol. The highest BCUT2D eigenvalue weighted by atomic mass is 16.5. The molecule has 3 aromatic rings. The minimum absolute atomic E-state index is 0.0668. The average Bonchev–Trinajstić information content (AvgIpc) is 2.65. The molecule has 0 bridgehead atoms. The van der Waals surface area contributed by atoms with E-state index in [0.717, 1.165) is 16.5 Å². The first kappa shape index (κ1) is 18.7. The SMILES string of the molecule is COc1ccccc1N(Cc1cc2ccc(C)cc2[nH]c1=O)C(=O)C(C)C. The minimum Gasteiger partial charge on any atom is -0.495 e. The molecule has 0 radical (unpaired) electrons. The Kier molecular flexibility index (Phi) is 5.31. The first-order chi connectivity index (χ1) is 12.9. The van der Waals surface area contributed by atoms with E-state index in [1.54, 1.807) is 12.0 Å². The molecule has 0 atom stereocenters. The maximum absolute atomic E-state index is 12.9. The number of pyridine rings is 1. The van der Waals surface area contributed by atoms with E-state index in [9.17, 15) is 9.59 Å². The zero-order valence-electron chi connectivity index (χ0n) is 16.1. The van der Waals surface area contributed by atoms with Crippen LogP contribution >= 0.6 is 0 Å². The van der Waals surface area contributed by atoms with Gasteiger partial charge in [0.15, 0.2) is 0 Å². The second-order valence-corrected chi connectivity index (χ2v) is 6.97. The number of ether oxygens (including phenoxy) is 1. The highest BCUT2D eigenvalue weighted by Crippen LogP contribution is 2.30. The zero-order valence-corrected chi connectivity index (χ0v) is 16.1. The van der Waals surface area contributed by atoms with Gasteiger partial charge >= 0.3 is 0 Å². The molecule has 27 heavy (non-hydrogen) atoms. The molecule has 5 nitrogen and oxygen atoms in total. The lowest BCUT2D eigenvalue weighted by atomic mass is 10.1. The van der Waals surface area contributed by atoms with Crippen LogP contribution in [-0.4, -0.2) is 18.0 Å². The third kappa shape index (κ3) is 3.87. The summed E-state index contributed by atoms with van der Waals surface area (Å²) in [5, 5.41) is 0.937. The van der Waals surface area contributed by atoms with Gasteiger partial charge in [-0.3, -0.25) is 9.59 Å². The molecule has 0 aliphatic heterocycles. The number of nitrogens with zero attached hydrogens (tertiary/aromatic N) is 1. The van der Waals surface area contributed by atoms with Crippen LogP contribution < -0.4 is 15.2 Å². The normalized spacial score (nSPS) is 11.0. The number of carbonyl (C=O) groups excluding carboxylic acids is 1. The molecule has 0 spiro atoms. The first-order valence-corrected chi connectivity index (χ1v) is 8.97. The summed E-state index contributed by atoms with van der Waals surface area (Å²) in [6.07, 6.45) is 0. The van der Waals surface area contributed by atoms with Gasteiger partial charge in [-0.15, -0.1) is 0 Å². The maximum Gasteiger partial charge on any atom is 0.253 e. The van der Waals surface area contributed by atoms with Crippen LogP contribution in [0.5, 0.6) is 5.75 Å². The lowest BCUT2D eigenvalue weighted by Crippen LogP contribution is -2.35. The molecular formula is C22H24N2O3. The van der Waals surface area contributed by atoms with Crippen molar-refractivity contribution in [3.05, 3.63) is 70.0 Å². The van der Waals surface area contributed by atoms with Crippen molar-refractivity contribution in [2.75, 3.05) is 12.0 Å². The van der Waals surface area contributed by atoms with Gasteiger partial charge in [0, 0.05) is 17.0 Å². The number of nitrogens with one attached hydrogen (secondary N) is 1. The van der Waals surface area contributed by atoms with E-state index in [1.807, 2.05) is 69.3 Å². The van der Waals surface area contributed by atoms with Crippen molar-refractivity contribution in [2.45, 2.75) is 27.3 Å². The van der Waals surface area contributed by atoms with Crippen molar-refractivity contribution in [3.8, 4) is 5.75 Å². The molecule has 2 aromatic carbocycles. The number of aromatic amines is 1. The molecule has 0 aliphatic carbocycles. The highest BCUT2D eigenvalue weighted by Gasteiger charge is 2.23. The predicted octanol–water partition coefficient (Wildman–Crippen LogP) is 4.03. The van der Waals surface area contributed by atoms with Crippen LogP contribution in [0.1, 0.15) is 25.0 Å². The molecule has 1 heterocycles. The van der Waals surface area contributed by atoms with Gasteiger partial charge in [-0.2, -0.15) is 0 Å². The molecule has 1 aromatic heterocycles. The van der Waals surface area contributed by atoms with Crippen molar-refractivity contribution < 1.29 is 9.53 Å². The number of hydrogen-bond acceptors (Lipinski definition) is 3. The molecule has 0 saturated carbocycles. The second kappa shape index (κ2) is 7.66. The lowest BCUT2D eigenvalue weighted by Gasteiger charge is -2.26. The van der Waals surface area contributed by atoms with Crippen molar-refractivity contribution in [1.82, 2.24) is 4.98 Å². The van der Waals surface area contributed by atoms with Crippen LogP contribution in [0, 0.1) is 12.8 Å². The largest absolute Gasteiger partial charge is 0.495 e. The van der Waals surface area contributed by atoms with E-state index in [1.165, 1.54) is 0 Å². The predicted molar refractivity (Wildman–Crippen MR) is 108 cm³/mol. The Bertz CT molecular complexity index is 1040. The van der Waals surface area contributed by atoms with Crippen LogP contribution in [0.2, 0.25) is 0 Å². The van der Waals surface area contributed by atoms with Gasteiger partial charge in [0.25, 0.3) is 5.56 Å². The molecule has 1 amide bonds. The van der Waals surface area contributed by atoms with E-state index >= 15 is 0 Å². The Morgan fingerprint density at radius 1 is 1.15 bits per heavy atom. The number of rotatable bonds is 5. The standard InChI is InChI=1S/C22H24N2O3/c1-14(2)22(26)24(19-7-5-6-8-20(19)27-4)13-17-12-16-10-9-15(3)11-18(16)23-21(17)25/h5-12,14H,13H2,1-4H3,(H,23,25). The number of aromatic nitrogens is 1. The van der Waals surface area contributed by atoms with E-state index in [4.69, 9.17) is 4.74 Å². The molecule has 5 heteroatoms. The molecule has 0 unspecified atom stereocenters. The van der Waals surface area contributed by atoms with E-state index in [0.29, 0.717) is 17.0 Å². The van der Waals surface area contributed by atoms with Crippen molar-refractivity contribution in [1.29, 1.82) is 0 Å². The van der Waals surface area contributed by atoms with Gasteiger partial charge in [0.2, 0.25) is 5.91 Å². The molecule has 0 saturated heterocycles. The number of amides is 1. The van der Waals surface area contributed by atoms with Gasteiger partial charge in [-0.1, -0.05) is 38.1 Å². The summed E-state index contributed by atoms with van der Waals surface area (Å²) in [4.78, 5) is 30.1. The van der Waals surface area contributed by atoms with Crippen LogP contribution in [0.25, 0.3) is 10.9 Å². The Morgan fingerprint density at radius 2 is 1.89 bits per heavy atom. The molecule has 140 valence electrons. The second-order valence-electron chi connectivity index (χ2n) is 6.97. The smallest absolute Gasteiger partial charge is 0.253 e. The number of hydrogen-bond donors (Lipinski definition) is 1. The van der Waals surface area contributed by atoms with Crippen LogP contribution in [0.4, 0.5) is 5.69 Å². The molecule has 0 fully saturated rings. The van der Waals surface area contributed by atoms with Gasteiger partial charge in [-0.25, -0.2) is 0 Å². The van der Waals surface area contributed by atoms with E-state index in [-0.39, 0.29) is 23.9 Å². The molecule has 3 rings (SSSR count). The van der Waals surface area contributed by atoms with Gasteiger partial charge in [-0.05, 0) is 42.1 Å². The maximum atomic E-state index is 12.9. The number of para-hydroxylation sites is 2. The summed E-state index contributed by atoms with van der Waals surface area (Å²) in [6, 6.07) is 15.1. The highest BCUT2D eigenvalue weighted by molar-refractivity contribution is 5.96. The number of benzene rings is 2. The van der Waals surface area contributed by atoms with Crippen molar-refractivity contribution >= 4 is 22.5 Å². The zero-order chi connectivity index (χ0) is 19.6. The fraction of sp³-hybridized carbons (Fsp3) is 0.273. The summed E-state index contributed by atoms with van der Waals surface area (Å²) in [5.41, 5.74) is 2.87. The van der Waals surface area contributed by atoms with Gasteiger partial charge in [0.05, 0.1) is 19.3 Å². The summed E-state index contributed by atoms with van der Waals surface area (Å²) in [5.74, 6) is 0.319. The van der Waals surface area contributed by atoms with Gasteiger partial charge in [0.1, 0.15) is 5.75 Å². The van der Waals surface area contributed by atoms with Crippen LogP contribution in [0.15, 0.2) is 53.3 Å².